The van der Waals surface area contributed by atoms with Gasteiger partial charge in [-0.25, -0.2) is 8.78 Å². The van der Waals surface area contributed by atoms with Crippen molar-refractivity contribution in [3.05, 3.63) is 35.4 Å². The lowest BCUT2D eigenvalue weighted by Crippen LogP contribution is -2.64. The highest BCUT2D eigenvalue weighted by Gasteiger charge is 2.47. The zero-order chi connectivity index (χ0) is 17.4. The molecular formula is C16H19F2N3O3. The Bertz CT molecular complexity index is 668. The third-order valence-electron chi connectivity index (χ3n) is 4.53. The number of hydrogen-bond acceptors (Lipinski definition) is 4. The second-order valence-electron chi connectivity index (χ2n) is 6.28. The van der Waals surface area contributed by atoms with Crippen LogP contribution >= 0.6 is 0 Å². The van der Waals surface area contributed by atoms with Gasteiger partial charge in [0.05, 0.1) is 6.10 Å². The first kappa shape index (κ1) is 16.8. The van der Waals surface area contributed by atoms with Gasteiger partial charge in [0.1, 0.15) is 23.7 Å². The largest absolute Gasteiger partial charge is 0.391 e. The highest BCUT2D eigenvalue weighted by Crippen LogP contribution is 2.24. The molecular weight excluding hydrogens is 320 g/mol. The number of hydrogen-bond donors (Lipinski definition) is 3. The van der Waals surface area contributed by atoms with Crippen LogP contribution in [0.15, 0.2) is 18.2 Å². The Morgan fingerprint density at radius 1 is 1.42 bits per heavy atom. The summed E-state index contributed by atoms with van der Waals surface area (Å²) in [5.41, 5.74) is 0.318. The summed E-state index contributed by atoms with van der Waals surface area (Å²) in [7, 11) is 0. The van der Waals surface area contributed by atoms with Gasteiger partial charge in [0, 0.05) is 30.8 Å². The molecule has 0 aliphatic carbocycles. The maximum absolute atomic E-state index is 13.6. The molecule has 3 rings (SSSR count). The van der Waals surface area contributed by atoms with Crippen molar-refractivity contribution >= 4 is 11.8 Å². The van der Waals surface area contributed by atoms with Gasteiger partial charge < -0.3 is 20.6 Å². The van der Waals surface area contributed by atoms with E-state index in [0.29, 0.717) is 18.5 Å². The summed E-state index contributed by atoms with van der Waals surface area (Å²) in [6, 6.07) is 1.68. The first-order chi connectivity index (χ1) is 11.4. The fraction of sp³-hybridized carbons (Fsp3) is 0.500. The van der Waals surface area contributed by atoms with Crippen molar-refractivity contribution in [2.45, 2.75) is 44.1 Å². The van der Waals surface area contributed by atoms with Crippen LogP contribution in [0.5, 0.6) is 0 Å². The molecule has 0 bridgehead atoms. The number of aliphatic hydroxyl groups excluding tert-OH is 1. The van der Waals surface area contributed by atoms with Gasteiger partial charge >= 0.3 is 0 Å². The van der Waals surface area contributed by atoms with Crippen LogP contribution in [-0.2, 0) is 16.1 Å². The number of nitrogens with zero attached hydrogens (tertiary/aromatic N) is 1. The van der Waals surface area contributed by atoms with Gasteiger partial charge in [0.25, 0.3) is 0 Å². The molecule has 1 aromatic carbocycles. The van der Waals surface area contributed by atoms with Crippen molar-refractivity contribution in [3.8, 4) is 0 Å². The summed E-state index contributed by atoms with van der Waals surface area (Å²) < 4.78 is 26.6. The number of piperazine rings is 1. The van der Waals surface area contributed by atoms with Crippen LogP contribution in [0.1, 0.15) is 18.9 Å². The summed E-state index contributed by atoms with van der Waals surface area (Å²) in [5.74, 6) is -1.88. The smallest absolute Gasteiger partial charge is 0.248 e. The van der Waals surface area contributed by atoms with Crippen molar-refractivity contribution in [3.63, 3.8) is 0 Å². The van der Waals surface area contributed by atoms with Crippen LogP contribution in [0.2, 0.25) is 0 Å². The van der Waals surface area contributed by atoms with Crippen LogP contribution in [-0.4, -0.2) is 52.6 Å². The monoisotopic (exact) mass is 339 g/mol. The molecule has 0 saturated carbocycles. The van der Waals surface area contributed by atoms with Crippen LogP contribution < -0.4 is 10.6 Å². The predicted octanol–water partition coefficient (Wildman–Crippen LogP) is -0.0969. The van der Waals surface area contributed by atoms with E-state index in [2.05, 4.69) is 10.6 Å². The van der Waals surface area contributed by atoms with E-state index in [4.69, 9.17) is 0 Å². The number of carbonyl (C=O) groups excluding carboxylic acids is 2. The lowest BCUT2D eigenvalue weighted by molar-refractivity contribution is -0.149. The Labute approximate surface area is 137 Å². The molecule has 3 N–H and O–H groups in total. The van der Waals surface area contributed by atoms with Gasteiger partial charge in [-0.1, -0.05) is 6.07 Å². The Morgan fingerprint density at radius 3 is 2.83 bits per heavy atom. The Kier molecular flexibility index (Phi) is 4.51. The van der Waals surface area contributed by atoms with Gasteiger partial charge in [0.15, 0.2) is 0 Å². The first-order valence-corrected chi connectivity index (χ1v) is 7.83. The number of rotatable bonds is 4. The third-order valence-corrected chi connectivity index (χ3v) is 4.53. The molecule has 0 unspecified atom stereocenters. The summed E-state index contributed by atoms with van der Waals surface area (Å²) in [6.07, 6.45) is -0.560. The Balaban J connectivity index is 1.64. The SMILES string of the molecule is C[C@H](O)[C@H]1NC(=O)[C@@H]2C[C@H](NCc3ccc(F)cc3F)CN2C1=O. The highest BCUT2D eigenvalue weighted by atomic mass is 19.1. The molecule has 2 amide bonds. The Hall–Kier alpha value is -2.06. The van der Waals surface area contributed by atoms with Crippen LogP contribution in [0.4, 0.5) is 8.78 Å². The molecule has 2 aliphatic heterocycles. The molecule has 2 heterocycles. The topological polar surface area (TPSA) is 81.7 Å². The van der Waals surface area contributed by atoms with Crippen molar-refractivity contribution in [1.82, 2.24) is 15.5 Å². The molecule has 6 nitrogen and oxygen atoms in total. The van der Waals surface area contributed by atoms with Crippen molar-refractivity contribution in [2.75, 3.05) is 6.54 Å². The quantitative estimate of drug-likeness (QED) is 0.716. The standard InChI is InChI=1S/C16H19F2N3O3/c1-8(22)14-16(24)21-7-11(5-13(21)15(23)20-14)19-6-9-2-3-10(17)4-12(9)18/h2-4,8,11,13-14,19,22H,5-7H2,1H3,(H,20,23)/t8-,11-,13-,14+/m0/s1. The molecule has 2 fully saturated rings. The van der Waals surface area contributed by atoms with E-state index >= 15 is 0 Å². The molecule has 1 aromatic rings. The first-order valence-electron chi connectivity index (χ1n) is 7.83. The van der Waals surface area contributed by atoms with E-state index in [-0.39, 0.29) is 24.4 Å². The summed E-state index contributed by atoms with van der Waals surface area (Å²) in [4.78, 5) is 25.9. The van der Waals surface area contributed by atoms with E-state index in [1.807, 2.05) is 0 Å². The summed E-state index contributed by atoms with van der Waals surface area (Å²) in [6.45, 7) is 1.93. The van der Waals surface area contributed by atoms with Gasteiger partial charge in [-0.3, -0.25) is 9.59 Å². The van der Waals surface area contributed by atoms with Gasteiger partial charge in [-0.2, -0.15) is 0 Å². The van der Waals surface area contributed by atoms with Gasteiger partial charge in [-0.05, 0) is 19.4 Å². The Morgan fingerprint density at radius 2 is 2.17 bits per heavy atom. The molecule has 2 aliphatic rings. The van der Waals surface area contributed by atoms with Crippen LogP contribution in [0, 0.1) is 11.6 Å². The maximum atomic E-state index is 13.6. The van der Waals surface area contributed by atoms with Crippen molar-refractivity contribution in [1.29, 1.82) is 0 Å². The van der Waals surface area contributed by atoms with Crippen LogP contribution in [0.3, 0.4) is 0 Å². The van der Waals surface area contributed by atoms with Crippen molar-refractivity contribution < 1.29 is 23.5 Å². The third kappa shape index (κ3) is 3.11. The number of halogens is 2. The maximum Gasteiger partial charge on any atom is 0.248 e. The minimum atomic E-state index is -0.970. The summed E-state index contributed by atoms with van der Waals surface area (Å²) in [5, 5.41) is 15.2. The van der Waals surface area contributed by atoms with Crippen molar-refractivity contribution in [2.24, 2.45) is 0 Å². The van der Waals surface area contributed by atoms with E-state index in [1.54, 1.807) is 0 Å². The second kappa shape index (κ2) is 6.45. The number of fused-ring (bicyclic) bond motifs is 1. The lowest BCUT2D eigenvalue weighted by Gasteiger charge is -2.35. The number of amides is 2. The fourth-order valence-electron chi connectivity index (χ4n) is 3.21. The zero-order valence-electron chi connectivity index (χ0n) is 13.1. The number of benzene rings is 1. The highest BCUT2D eigenvalue weighted by molar-refractivity contribution is 5.97. The molecule has 8 heteroatoms. The zero-order valence-corrected chi connectivity index (χ0v) is 13.1. The predicted molar refractivity (Wildman–Crippen MR) is 80.7 cm³/mol. The molecule has 4 atom stereocenters. The van der Waals surface area contributed by atoms with E-state index < -0.39 is 29.8 Å². The van der Waals surface area contributed by atoms with Crippen LogP contribution in [0.25, 0.3) is 0 Å². The van der Waals surface area contributed by atoms with E-state index in [1.165, 1.54) is 24.0 Å². The van der Waals surface area contributed by atoms with Gasteiger partial charge in [0.2, 0.25) is 11.8 Å². The van der Waals surface area contributed by atoms with E-state index in [0.717, 1.165) is 6.07 Å². The summed E-state index contributed by atoms with van der Waals surface area (Å²) >= 11 is 0. The molecule has 24 heavy (non-hydrogen) atoms. The lowest BCUT2D eigenvalue weighted by atomic mass is 10.0. The molecule has 0 aromatic heterocycles. The molecule has 0 radical (unpaired) electrons. The molecule has 130 valence electrons. The number of nitrogens with one attached hydrogen (secondary N) is 2. The molecule has 0 spiro atoms. The number of carbonyl (C=O) groups is 2. The van der Waals surface area contributed by atoms with Gasteiger partial charge in [-0.15, -0.1) is 0 Å². The van der Waals surface area contributed by atoms with E-state index in [9.17, 15) is 23.5 Å². The fourth-order valence-corrected chi connectivity index (χ4v) is 3.21. The average molecular weight is 339 g/mol. The second-order valence-corrected chi connectivity index (χ2v) is 6.28. The minimum Gasteiger partial charge on any atom is -0.391 e. The number of aliphatic hydroxyl groups is 1. The minimum absolute atomic E-state index is 0.174. The average Bonchev–Trinajstić information content (AvgIpc) is 2.95. The molecule has 2 saturated heterocycles. The normalized spacial score (nSPS) is 27.8.